The lowest BCUT2D eigenvalue weighted by Crippen LogP contribution is -2.17. The molecule has 3 rings (SSSR count). The Morgan fingerprint density at radius 1 is 0.850 bits per heavy atom. The highest BCUT2D eigenvalue weighted by molar-refractivity contribution is 5.79. The van der Waals surface area contributed by atoms with E-state index in [-0.39, 0.29) is 11.9 Å². The van der Waals surface area contributed by atoms with Crippen molar-refractivity contribution in [2.75, 3.05) is 0 Å². The lowest BCUT2D eigenvalue weighted by atomic mass is 10.0. The van der Waals surface area contributed by atoms with Gasteiger partial charge in [-0.05, 0) is 29.8 Å². The molecular weight excluding hydrogens is 248 g/mol. The largest absolute Gasteiger partial charge is 0.346 e. The lowest BCUT2D eigenvalue weighted by Gasteiger charge is -2.19. The molecule has 1 aromatic carbocycles. The summed E-state index contributed by atoms with van der Waals surface area (Å²) in [6.45, 7) is 0. The van der Waals surface area contributed by atoms with Crippen molar-refractivity contribution in [2.24, 2.45) is 0 Å². The summed E-state index contributed by atoms with van der Waals surface area (Å²) in [6.07, 6.45) is 8.02. The molecule has 2 heterocycles. The van der Waals surface area contributed by atoms with Gasteiger partial charge in [0, 0.05) is 24.8 Å². The Hall–Kier alpha value is -2.55. The van der Waals surface area contributed by atoms with Gasteiger partial charge < -0.3 is 4.57 Å². The SMILES string of the molecule is O=C(C[C@@H](c1ccccc1)n1cccc1)n1cccc1. The van der Waals surface area contributed by atoms with E-state index in [9.17, 15) is 4.79 Å². The van der Waals surface area contributed by atoms with Crippen LogP contribution in [0.25, 0.3) is 0 Å². The molecule has 0 radical (unpaired) electrons. The summed E-state index contributed by atoms with van der Waals surface area (Å²) in [5, 5.41) is 0. The first kappa shape index (κ1) is 12.5. The van der Waals surface area contributed by atoms with Gasteiger partial charge in [0.15, 0.2) is 0 Å². The zero-order chi connectivity index (χ0) is 13.8. The van der Waals surface area contributed by atoms with Gasteiger partial charge in [-0.2, -0.15) is 0 Å². The molecule has 0 saturated carbocycles. The van der Waals surface area contributed by atoms with E-state index in [2.05, 4.69) is 16.7 Å². The van der Waals surface area contributed by atoms with Gasteiger partial charge >= 0.3 is 0 Å². The first-order valence-corrected chi connectivity index (χ1v) is 6.68. The molecule has 0 bridgehead atoms. The van der Waals surface area contributed by atoms with Gasteiger partial charge in [-0.3, -0.25) is 9.36 Å². The second kappa shape index (κ2) is 5.61. The van der Waals surface area contributed by atoms with Crippen LogP contribution in [0.2, 0.25) is 0 Å². The molecule has 0 aliphatic heterocycles. The average molecular weight is 264 g/mol. The van der Waals surface area contributed by atoms with Crippen molar-refractivity contribution < 1.29 is 4.79 Å². The standard InChI is InChI=1S/C17H16N2O/c20-17(19-12-6-7-13-19)14-16(18-10-4-5-11-18)15-8-2-1-3-9-15/h1-13,16H,14H2/t16-/m0/s1. The maximum Gasteiger partial charge on any atom is 0.232 e. The van der Waals surface area contributed by atoms with Gasteiger partial charge in [-0.1, -0.05) is 30.3 Å². The minimum atomic E-state index is 0.0288. The molecule has 1 atom stereocenters. The number of carbonyl (C=O) groups excluding carboxylic acids is 1. The van der Waals surface area contributed by atoms with E-state index in [4.69, 9.17) is 0 Å². The van der Waals surface area contributed by atoms with Crippen LogP contribution in [0.1, 0.15) is 22.8 Å². The third-order valence-electron chi connectivity index (χ3n) is 3.43. The predicted octanol–water partition coefficient (Wildman–Crippen LogP) is 3.61. The van der Waals surface area contributed by atoms with Crippen LogP contribution in [-0.2, 0) is 0 Å². The number of nitrogens with zero attached hydrogens (tertiary/aromatic N) is 2. The van der Waals surface area contributed by atoms with Crippen molar-refractivity contribution in [1.82, 2.24) is 9.13 Å². The molecule has 3 nitrogen and oxygen atoms in total. The van der Waals surface area contributed by atoms with Crippen LogP contribution in [0, 0.1) is 0 Å². The Kier molecular flexibility index (Phi) is 3.50. The van der Waals surface area contributed by atoms with E-state index in [1.54, 1.807) is 17.0 Å². The fraction of sp³-hybridized carbons (Fsp3) is 0.118. The molecular formula is C17H16N2O. The third-order valence-corrected chi connectivity index (χ3v) is 3.43. The van der Waals surface area contributed by atoms with E-state index < -0.39 is 0 Å². The van der Waals surface area contributed by atoms with Crippen LogP contribution in [0.4, 0.5) is 0 Å². The monoisotopic (exact) mass is 264 g/mol. The van der Waals surface area contributed by atoms with Crippen LogP contribution >= 0.6 is 0 Å². The first-order valence-electron chi connectivity index (χ1n) is 6.68. The van der Waals surface area contributed by atoms with Crippen molar-refractivity contribution in [3.05, 3.63) is 84.9 Å². The maximum absolute atomic E-state index is 12.3. The predicted molar refractivity (Wildman–Crippen MR) is 78.7 cm³/mol. The molecule has 3 heteroatoms. The van der Waals surface area contributed by atoms with Crippen LogP contribution in [-0.4, -0.2) is 15.0 Å². The van der Waals surface area contributed by atoms with E-state index in [0.29, 0.717) is 6.42 Å². The molecule has 0 fully saturated rings. The van der Waals surface area contributed by atoms with Crippen molar-refractivity contribution in [3.63, 3.8) is 0 Å². The van der Waals surface area contributed by atoms with Crippen LogP contribution in [0.5, 0.6) is 0 Å². The number of carbonyl (C=O) groups is 1. The van der Waals surface area contributed by atoms with Crippen molar-refractivity contribution >= 4 is 5.91 Å². The molecule has 0 saturated heterocycles. The Morgan fingerprint density at radius 3 is 2.10 bits per heavy atom. The second-order valence-corrected chi connectivity index (χ2v) is 4.74. The summed E-state index contributed by atoms with van der Waals surface area (Å²) in [7, 11) is 0. The molecule has 0 amide bonds. The average Bonchev–Trinajstić information content (AvgIpc) is 3.18. The van der Waals surface area contributed by atoms with E-state index in [1.807, 2.05) is 54.9 Å². The third kappa shape index (κ3) is 2.57. The quantitative estimate of drug-likeness (QED) is 0.707. The summed E-state index contributed by atoms with van der Waals surface area (Å²) in [4.78, 5) is 12.3. The summed E-state index contributed by atoms with van der Waals surface area (Å²) < 4.78 is 3.72. The smallest absolute Gasteiger partial charge is 0.232 e. The normalized spacial score (nSPS) is 12.2. The molecule has 20 heavy (non-hydrogen) atoms. The van der Waals surface area contributed by atoms with Crippen molar-refractivity contribution in [2.45, 2.75) is 12.5 Å². The molecule has 0 aliphatic rings. The van der Waals surface area contributed by atoms with E-state index in [1.165, 1.54) is 0 Å². The summed E-state index contributed by atoms with van der Waals surface area (Å²) in [5.41, 5.74) is 1.14. The molecule has 0 N–H and O–H groups in total. The van der Waals surface area contributed by atoms with Crippen molar-refractivity contribution in [3.8, 4) is 0 Å². The number of rotatable bonds is 4. The van der Waals surface area contributed by atoms with E-state index in [0.717, 1.165) is 5.56 Å². The fourth-order valence-corrected chi connectivity index (χ4v) is 2.40. The Morgan fingerprint density at radius 2 is 1.45 bits per heavy atom. The van der Waals surface area contributed by atoms with Crippen molar-refractivity contribution in [1.29, 1.82) is 0 Å². The van der Waals surface area contributed by atoms with Crippen LogP contribution in [0.3, 0.4) is 0 Å². The van der Waals surface area contributed by atoms with Gasteiger partial charge in [0.2, 0.25) is 5.91 Å². The molecule has 0 aliphatic carbocycles. The highest BCUT2D eigenvalue weighted by Gasteiger charge is 2.17. The number of hydrogen-bond acceptors (Lipinski definition) is 1. The summed E-state index contributed by atoms with van der Waals surface area (Å²) >= 11 is 0. The highest BCUT2D eigenvalue weighted by atomic mass is 16.2. The van der Waals surface area contributed by atoms with Crippen LogP contribution < -0.4 is 0 Å². The molecule has 100 valence electrons. The minimum Gasteiger partial charge on any atom is -0.346 e. The molecule has 2 aromatic heterocycles. The number of hydrogen-bond donors (Lipinski definition) is 0. The first-order chi connectivity index (χ1) is 9.84. The Balaban J connectivity index is 1.89. The van der Waals surface area contributed by atoms with E-state index >= 15 is 0 Å². The Labute approximate surface area is 118 Å². The van der Waals surface area contributed by atoms with Gasteiger partial charge in [-0.15, -0.1) is 0 Å². The zero-order valence-corrected chi connectivity index (χ0v) is 11.1. The topological polar surface area (TPSA) is 26.9 Å². The van der Waals surface area contributed by atoms with Gasteiger partial charge in [0.25, 0.3) is 0 Å². The maximum atomic E-state index is 12.3. The molecule has 0 unspecified atom stereocenters. The van der Waals surface area contributed by atoms with Crippen LogP contribution in [0.15, 0.2) is 79.4 Å². The number of benzene rings is 1. The van der Waals surface area contributed by atoms with Gasteiger partial charge in [0.05, 0.1) is 12.5 Å². The number of aromatic nitrogens is 2. The Bertz CT molecular complexity index is 654. The van der Waals surface area contributed by atoms with Gasteiger partial charge in [0.1, 0.15) is 0 Å². The highest BCUT2D eigenvalue weighted by Crippen LogP contribution is 2.22. The van der Waals surface area contributed by atoms with Gasteiger partial charge in [-0.25, -0.2) is 0 Å². The lowest BCUT2D eigenvalue weighted by molar-refractivity contribution is 0.0889. The zero-order valence-electron chi connectivity index (χ0n) is 11.1. The fourth-order valence-electron chi connectivity index (χ4n) is 2.40. The second-order valence-electron chi connectivity index (χ2n) is 4.74. The molecule has 3 aromatic rings. The summed E-state index contributed by atoms with van der Waals surface area (Å²) in [6, 6.07) is 17.9. The summed E-state index contributed by atoms with van der Waals surface area (Å²) in [5.74, 6) is 0.0950. The minimum absolute atomic E-state index is 0.0288. The molecule has 0 spiro atoms.